The van der Waals surface area contributed by atoms with Gasteiger partial charge in [-0.2, -0.15) is 0 Å². The molecule has 3 nitrogen and oxygen atoms in total. The largest absolute Gasteiger partial charge is 0.383 e. The lowest BCUT2D eigenvalue weighted by atomic mass is 9.92. The zero-order chi connectivity index (χ0) is 14.9. The van der Waals surface area contributed by atoms with E-state index in [1.54, 1.807) is 7.11 Å². The van der Waals surface area contributed by atoms with Gasteiger partial charge in [0.05, 0.1) is 12.7 Å². The van der Waals surface area contributed by atoms with Gasteiger partial charge in [0.2, 0.25) is 0 Å². The van der Waals surface area contributed by atoms with Gasteiger partial charge in [0.15, 0.2) is 0 Å². The molecule has 0 radical (unpaired) electrons. The number of rotatable bonds is 9. The molecule has 2 rings (SSSR count). The van der Waals surface area contributed by atoms with Crippen LogP contribution in [0.15, 0.2) is 28.7 Å². The third-order valence-electron chi connectivity index (χ3n) is 3.97. The van der Waals surface area contributed by atoms with E-state index < -0.39 is 0 Å². The van der Waals surface area contributed by atoms with Crippen LogP contribution in [0.25, 0.3) is 0 Å². The highest BCUT2D eigenvalue weighted by molar-refractivity contribution is 9.10. The fraction of sp³-hybridized carbons (Fsp3) is 0.647. The summed E-state index contributed by atoms with van der Waals surface area (Å²) in [6.45, 7) is 3.65. The molecule has 1 aromatic carbocycles. The Balaban J connectivity index is 1.85. The average Bonchev–Trinajstić information content (AvgIpc) is 2.99. The molecule has 2 unspecified atom stereocenters. The Morgan fingerprint density at radius 3 is 2.86 bits per heavy atom. The van der Waals surface area contributed by atoms with Crippen molar-refractivity contribution in [2.45, 2.75) is 31.8 Å². The summed E-state index contributed by atoms with van der Waals surface area (Å²) in [4.78, 5) is 0. The van der Waals surface area contributed by atoms with Gasteiger partial charge in [0.1, 0.15) is 0 Å². The number of halogens is 1. The van der Waals surface area contributed by atoms with Gasteiger partial charge in [-0.1, -0.05) is 28.1 Å². The second kappa shape index (κ2) is 9.57. The Morgan fingerprint density at radius 1 is 1.38 bits per heavy atom. The number of benzene rings is 1. The summed E-state index contributed by atoms with van der Waals surface area (Å²) in [6, 6.07) is 8.66. The summed E-state index contributed by atoms with van der Waals surface area (Å²) in [5.74, 6) is 0.617. The molecule has 1 aromatic rings. The first-order valence-electron chi connectivity index (χ1n) is 7.83. The fourth-order valence-corrected chi connectivity index (χ4v) is 3.14. The molecule has 0 bridgehead atoms. The summed E-state index contributed by atoms with van der Waals surface area (Å²) in [6.07, 6.45) is 5.14. The summed E-state index contributed by atoms with van der Waals surface area (Å²) >= 11 is 3.50. The second-order valence-corrected chi connectivity index (χ2v) is 6.68. The van der Waals surface area contributed by atoms with Gasteiger partial charge < -0.3 is 14.8 Å². The third kappa shape index (κ3) is 6.47. The van der Waals surface area contributed by atoms with E-state index in [2.05, 4.69) is 45.5 Å². The van der Waals surface area contributed by atoms with E-state index in [1.807, 2.05) is 0 Å². The molecular formula is C17H26BrNO2. The molecule has 0 aliphatic carbocycles. The molecule has 0 saturated carbocycles. The van der Waals surface area contributed by atoms with Gasteiger partial charge in [-0.3, -0.25) is 0 Å². The predicted octanol–water partition coefficient (Wildman–Crippen LogP) is 3.41. The van der Waals surface area contributed by atoms with Crippen LogP contribution in [0.2, 0.25) is 0 Å². The molecule has 1 aliphatic rings. The predicted molar refractivity (Wildman–Crippen MR) is 89.7 cm³/mol. The van der Waals surface area contributed by atoms with Crippen molar-refractivity contribution in [3.05, 3.63) is 34.3 Å². The van der Waals surface area contributed by atoms with Crippen molar-refractivity contribution in [1.82, 2.24) is 5.32 Å². The van der Waals surface area contributed by atoms with E-state index >= 15 is 0 Å². The van der Waals surface area contributed by atoms with Crippen molar-refractivity contribution in [3.63, 3.8) is 0 Å². The number of hydrogen-bond acceptors (Lipinski definition) is 3. The van der Waals surface area contributed by atoms with Crippen LogP contribution in [0, 0.1) is 5.92 Å². The van der Waals surface area contributed by atoms with Gasteiger partial charge in [-0.25, -0.2) is 0 Å². The highest BCUT2D eigenvalue weighted by Gasteiger charge is 2.21. The molecule has 1 heterocycles. The molecule has 4 heteroatoms. The quantitative estimate of drug-likeness (QED) is 0.688. The average molecular weight is 356 g/mol. The molecule has 0 amide bonds. The lowest BCUT2D eigenvalue weighted by molar-refractivity contribution is 0.0888. The highest BCUT2D eigenvalue weighted by Crippen LogP contribution is 2.23. The molecule has 2 atom stereocenters. The van der Waals surface area contributed by atoms with Gasteiger partial charge in [0.25, 0.3) is 0 Å². The summed E-state index contributed by atoms with van der Waals surface area (Å²) in [7, 11) is 1.74. The Bertz CT molecular complexity index is 390. The van der Waals surface area contributed by atoms with E-state index in [9.17, 15) is 0 Å². The van der Waals surface area contributed by atoms with E-state index in [4.69, 9.17) is 9.47 Å². The van der Waals surface area contributed by atoms with Crippen molar-refractivity contribution in [2.75, 3.05) is 33.4 Å². The highest BCUT2D eigenvalue weighted by atomic mass is 79.9. The van der Waals surface area contributed by atoms with Crippen LogP contribution >= 0.6 is 15.9 Å². The lowest BCUT2D eigenvalue weighted by Crippen LogP contribution is -2.29. The molecule has 1 aliphatic heterocycles. The number of ether oxygens (including phenoxy) is 2. The van der Waals surface area contributed by atoms with Crippen molar-refractivity contribution < 1.29 is 9.47 Å². The molecule has 0 aromatic heterocycles. The first kappa shape index (κ1) is 16.9. The molecule has 1 N–H and O–H groups in total. The normalized spacial score (nSPS) is 19.8. The van der Waals surface area contributed by atoms with Gasteiger partial charge in [-0.15, -0.1) is 0 Å². The maximum absolute atomic E-state index is 5.81. The molecule has 1 saturated heterocycles. The second-order valence-electron chi connectivity index (χ2n) is 5.76. The Labute approximate surface area is 136 Å². The van der Waals surface area contributed by atoms with Crippen molar-refractivity contribution in [3.8, 4) is 0 Å². The van der Waals surface area contributed by atoms with Crippen molar-refractivity contribution in [2.24, 2.45) is 5.92 Å². The SMILES string of the molecule is COCCNCC(Cc1ccc(Br)cc1)CC1CCCO1. The fourth-order valence-electron chi connectivity index (χ4n) is 2.88. The molecule has 1 fully saturated rings. The van der Waals surface area contributed by atoms with Crippen LogP contribution in [0.5, 0.6) is 0 Å². The maximum Gasteiger partial charge on any atom is 0.0587 e. The van der Waals surface area contributed by atoms with E-state index in [0.717, 1.165) is 43.6 Å². The monoisotopic (exact) mass is 355 g/mol. The van der Waals surface area contributed by atoms with E-state index in [-0.39, 0.29) is 0 Å². The van der Waals surface area contributed by atoms with E-state index in [0.29, 0.717) is 12.0 Å². The van der Waals surface area contributed by atoms with Crippen LogP contribution in [-0.4, -0.2) is 39.5 Å². The molecular weight excluding hydrogens is 330 g/mol. The van der Waals surface area contributed by atoms with Crippen LogP contribution in [0.3, 0.4) is 0 Å². The Hall–Kier alpha value is -0.420. The minimum Gasteiger partial charge on any atom is -0.383 e. The summed E-state index contributed by atoms with van der Waals surface area (Å²) in [5.41, 5.74) is 1.40. The van der Waals surface area contributed by atoms with Gasteiger partial charge in [0, 0.05) is 24.7 Å². The number of nitrogens with one attached hydrogen (secondary N) is 1. The standard InChI is InChI=1S/C17H26BrNO2/c1-20-10-8-19-13-15(12-17-3-2-9-21-17)11-14-4-6-16(18)7-5-14/h4-7,15,17,19H,2-3,8-13H2,1H3. The zero-order valence-corrected chi connectivity index (χ0v) is 14.4. The van der Waals surface area contributed by atoms with Gasteiger partial charge >= 0.3 is 0 Å². The Morgan fingerprint density at radius 2 is 2.19 bits per heavy atom. The number of hydrogen-bond donors (Lipinski definition) is 1. The topological polar surface area (TPSA) is 30.5 Å². The first-order valence-corrected chi connectivity index (χ1v) is 8.63. The van der Waals surface area contributed by atoms with Crippen LogP contribution in [-0.2, 0) is 15.9 Å². The summed E-state index contributed by atoms with van der Waals surface area (Å²) < 4.78 is 12.0. The first-order chi connectivity index (χ1) is 10.3. The molecule has 118 valence electrons. The van der Waals surface area contributed by atoms with Crippen LogP contribution in [0.1, 0.15) is 24.8 Å². The number of methoxy groups -OCH3 is 1. The molecule has 0 spiro atoms. The van der Waals surface area contributed by atoms with E-state index in [1.165, 1.54) is 18.4 Å². The zero-order valence-electron chi connectivity index (χ0n) is 12.8. The third-order valence-corrected chi connectivity index (χ3v) is 4.50. The lowest BCUT2D eigenvalue weighted by Gasteiger charge is -2.21. The summed E-state index contributed by atoms with van der Waals surface area (Å²) in [5, 5.41) is 3.50. The smallest absolute Gasteiger partial charge is 0.0587 e. The van der Waals surface area contributed by atoms with Crippen LogP contribution in [0.4, 0.5) is 0 Å². The maximum atomic E-state index is 5.81. The minimum atomic E-state index is 0.453. The van der Waals surface area contributed by atoms with Crippen molar-refractivity contribution >= 4 is 15.9 Å². The van der Waals surface area contributed by atoms with Gasteiger partial charge in [-0.05, 0) is 55.8 Å². The molecule has 21 heavy (non-hydrogen) atoms. The Kier molecular flexibility index (Phi) is 7.72. The van der Waals surface area contributed by atoms with Crippen molar-refractivity contribution in [1.29, 1.82) is 0 Å². The van der Waals surface area contributed by atoms with Crippen LogP contribution < -0.4 is 5.32 Å². The minimum absolute atomic E-state index is 0.453.